The molecule has 1 aromatic heterocycles. The van der Waals surface area contributed by atoms with Crippen molar-refractivity contribution in [3.8, 4) is 0 Å². The minimum absolute atomic E-state index is 0.300. The number of fused-ring (bicyclic) bond motifs is 1. The van der Waals surface area contributed by atoms with Gasteiger partial charge in [0.15, 0.2) is 0 Å². The Hall–Kier alpha value is -3.15. The van der Waals surface area contributed by atoms with Gasteiger partial charge in [0.2, 0.25) is 0 Å². The van der Waals surface area contributed by atoms with E-state index in [9.17, 15) is 8.42 Å². The smallest absolute Gasteiger partial charge is 0.268 e. The van der Waals surface area contributed by atoms with Gasteiger partial charge in [-0.1, -0.05) is 78.4 Å². The lowest BCUT2D eigenvalue weighted by Gasteiger charge is -2.28. The third kappa shape index (κ3) is 4.14. The Morgan fingerprint density at radius 1 is 0.781 bits per heavy atom. The van der Waals surface area contributed by atoms with Crippen LogP contribution in [0.25, 0.3) is 17.0 Å². The van der Waals surface area contributed by atoms with Crippen LogP contribution in [-0.2, 0) is 16.6 Å². The number of para-hydroxylation sites is 1. The van der Waals surface area contributed by atoms with E-state index in [1.54, 1.807) is 30.5 Å². The van der Waals surface area contributed by atoms with Gasteiger partial charge in [0.25, 0.3) is 10.0 Å². The lowest BCUT2D eigenvalue weighted by atomic mass is 10.00. The van der Waals surface area contributed by atoms with Crippen molar-refractivity contribution in [1.82, 2.24) is 8.87 Å². The summed E-state index contributed by atoms with van der Waals surface area (Å²) < 4.78 is 28.0. The first-order valence-electron chi connectivity index (χ1n) is 11.0. The number of piperidine rings is 1. The number of benzene rings is 3. The average molecular weight is 443 g/mol. The van der Waals surface area contributed by atoms with Crippen LogP contribution in [0.3, 0.4) is 0 Å². The Morgan fingerprint density at radius 2 is 1.41 bits per heavy atom. The first-order valence-corrected chi connectivity index (χ1v) is 12.4. The quantitative estimate of drug-likeness (QED) is 0.406. The van der Waals surface area contributed by atoms with Crippen molar-refractivity contribution < 1.29 is 8.42 Å². The van der Waals surface area contributed by atoms with E-state index in [2.05, 4.69) is 41.3 Å². The van der Waals surface area contributed by atoms with Gasteiger partial charge in [-0.05, 0) is 36.6 Å². The number of hydrogen-bond acceptors (Lipinski definition) is 3. The van der Waals surface area contributed by atoms with Crippen molar-refractivity contribution in [3.05, 3.63) is 108 Å². The van der Waals surface area contributed by atoms with Gasteiger partial charge in [0.1, 0.15) is 0 Å². The lowest BCUT2D eigenvalue weighted by molar-refractivity contribution is 0.249. The molecule has 3 aromatic carbocycles. The van der Waals surface area contributed by atoms with Crippen molar-refractivity contribution in [3.63, 3.8) is 0 Å². The largest absolute Gasteiger partial charge is 0.298 e. The molecule has 5 heteroatoms. The Labute approximate surface area is 189 Å². The highest BCUT2D eigenvalue weighted by Crippen LogP contribution is 2.29. The highest BCUT2D eigenvalue weighted by Gasteiger charge is 2.21. The molecule has 0 N–H and O–H groups in total. The molecular weight excluding hydrogens is 416 g/mol. The number of hydrogen-bond donors (Lipinski definition) is 0. The van der Waals surface area contributed by atoms with Crippen molar-refractivity contribution in [2.75, 3.05) is 13.1 Å². The molecule has 162 valence electrons. The Kier molecular flexibility index (Phi) is 5.68. The summed E-state index contributed by atoms with van der Waals surface area (Å²) in [4.78, 5) is 2.78. The predicted octanol–water partition coefficient (Wildman–Crippen LogP) is 5.56. The van der Waals surface area contributed by atoms with Gasteiger partial charge in [-0.25, -0.2) is 12.4 Å². The van der Waals surface area contributed by atoms with E-state index in [-0.39, 0.29) is 0 Å². The molecule has 0 spiro atoms. The second-order valence-corrected chi connectivity index (χ2v) is 10.1. The molecule has 1 aliphatic rings. The third-order valence-electron chi connectivity index (χ3n) is 6.12. The van der Waals surface area contributed by atoms with E-state index in [1.165, 1.54) is 15.1 Å². The van der Waals surface area contributed by atoms with Gasteiger partial charge >= 0.3 is 0 Å². The second-order valence-electron chi connectivity index (χ2n) is 8.28. The Morgan fingerprint density at radius 3 is 2.12 bits per heavy atom. The van der Waals surface area contributed by atoms with Crippen molar-refractivity contribution >= 4 is 27.0 Å². The highest BCUT2D eigenvalue weighted by molar-refractivity contribution is 7.90. The maximum Gasteiger partial charge on any atom is 0.268 e. The topological polar surface area (TPSA) is 42.3 Å². The molecule has 1 saturated heterocycles. The van der Waals surface area contributed by atoms with Crippen LogP contribution >= 0.6 is 0 Å². The summed E-state index contributed by atoms with van der Waals surface area (Å²) >= 11 is 0. The van der Waals surface area contributed by atoms with E-state index in [0.717, 1.165) is 43.4 Å². The zero-order chi connectivity index (χ0) is 22.0. The molecule has 5 rings (SSSR count). The normalized spacial score (nSPS) is 15.2. The van der Waals surface area contributed by atoms with Gasteiger partial charge in [-0.2, -0.15) is 0 Å². The number of rotatable bonds is 5. The number of nitrogens with zero attached hydrogens (tertiary/aromatic N) is 2. The zero-order valence-electron chi connectivity index (χ0n) is 17.9. The third-order valence-corrected chi connectivity index (χ3v) is 7.80. The van der Waals surface area contributed by atoms with Gasteiger partial charge in [0.05, 0.1) is 10.4 Å². The van der Waals surface area contributed by atoms with Crippen LogP contribution in [0.15, 0.2) is 102 Å². The Bertz CT molecular complexity index is 1350. The van der Waals surface area contributed by atoms with Gasteiger partial charge < -0.3 is 0 Å². The molecule has 1 aliphatic heterocycles. The van der Waals surface area contributed by atoms with Crippen LogP contribution in [0.4, 0.5) is 0 Å². The summed E-state index contributed by atoms with van der Waals surface area (Å²) in [5.41, 5.74) is 4.39. The predicted molar refractivity (Wildman–Crippen MR) is 130 cm³/mol. The standard InChI is InChI=1S/C27H26N2O2S/c30-32(31,25-11-5-2-6-12-25)29-21-24(26-13-7-8-14-27(26)29)19-22-15-17-28(18-16-22)20-23-9-3-1-4-10-23/h1-14,19,21H,15-18,20H2. The molecule has 32 heavy (non-hydrogen) atoms. The summed E-state index contributed by atoms with van der Waals surface area (Å²) in [7, 11) is -3.65. The molecular formula is C27H26N2O2S. The molecule has 2 heterocycles. The molecule has 4 nitrogen and oxygen atoms in total. The van der Waals surface area contributed by atoms with E-state index in [0.29, 0.717) is 10.4 Å². The van der Waals surface area contributed by atoms with Crippen molar-refractivity contribution in [2.45, 2.75) is 24.3 Å². The fourth-order valence-electron chi connectivity index (χ4n) is 4.40. The lowest BCUT2D eigenvalue weighted by Crippen LogP contribution is -2.30. The van der Waals surface area contributed by atoms with Gasteiger partial charge in [-0.3, -0.25) is 4.90 Å². The van der Waals surface area contributed by atoms with Crippen molar-refractivity contribution in [1.29, 1.82) is 0 Å². The molecule has 0 radical (unpaired) electrons. The Balaban J connectivity index is 1.42. The second kappa shape index (κ2) is 8.77. The summed E-state index contributed by atoms with van der Waals surface area (Å²) in [6, 6.07) is 26.9. The summed E-state index contributed by atoms with van der Waals surface area (Å²) in [5.74, 6) is 0. The van der Waals surface area contributed by atoms with Crippen molar-refractivity contribution in [2.24, 2.45) is 0 Å². The van der Waals surface area contributed by atoms with E-state index < -0.39 is 10.0 Å². The van der Waals surface area contributed by atoms with Crippen LogP contribution in [0.1, 0.15) is 24.0 Å². The minimum Gasteiger partial charge on any atom is -0.298 e. The molecule has 4 aromatic rings. The van der Waals surface area contributed by atoms with Crippen LogP contribution in [0.2, 0.25) is 0 Å². The fraction of sp³-hybridized carbons (Fsp3) is 0.185. The number of likely N-dealkylation sites (tertiary alicyclic amines) is 1. The van der Waals surface area contributed by atoms with Gasteiger partial charge in [-0.15, -0.1) is 0 Å². The fourth-order valence-corrected chi connectivity index (χ4v) is 5.80. The minimum atomic E-state index is -3.65. The van der Waals surface area contributed by atoms with E-state index in [4.69, 9.17) is 0 Å². The molecule has 0 unspecified atom stereocenters. The number of aromatic nitrogens is 1. The molecule has 0 amide bonds. The maximum absolute atomic E-state index is 13.3. The highest BCUT2D eigenvalue weighted by atomic mass is 32.2. The SMILES string of the molecule is O=S(=O)(c1ccccc1)n1cc(C=C2CCN(Cc3ccccc3)CC2)c2ccccc21. The van der Waals surface area contributed by atoms with E-state index >= 15 is 0 Å². The van der Waals surface area contributed by atoms with Crippen LogP contribution in [0, 0.1) is 0 Å². The molecule has 0 bridgehead atoms. The molecule has 0 atom stereocenters. The van der Waals surface area contributed by atoms with Crippen LogP contribution in [-0.4, -0.2) is 30.4 Å². The average Bonchev–Trinajstić information content (AvgIpc) is 3.21. The van der Waals surface area contributed by atoms with Gasteiger partial charge in [0, 0.05) is 36.8 Å². The zero-order valence-corrected chi connectivity index (χ0v) is 18.7. The molecule has 0 aliphatic carbocycles. The molecule has 1 fully saturated rings. The first kappa shape index (κ1) is 20.7. The maximum atomic E-state index is 13.3. The first-order chi connectivity index (χ1) is 15.6. The van der Waals surface area contributed by atoms with Crippen LogP contribution in [0.5, 0.6) is 0 Å². The van der Waals surface area contributed by atoms with Crippen LogP contribution < -0.4 is 0 Å². The summed E-state index contributed by atoms with van der Waals surface area (Å²) in [6.45, 7) is 3.01. The van der Waals surface area contributed by atoms with E-state index in [1.807, 2.05) is 30.3 Å². The monoisotopic (exact) mass is 442 g/mol. The summed E-state index contributed by atoms with van der Waals surface area (Å²) in [6.07, 6.45) is 5.96. The molecule has 0 saturated carbocycles. The summed E-state index contributed by atoms with van der Waals surface area (Å²) in [5, 5.41) is 0.964.